The highest BCUT2D eigenvalue weighted by Gasteiger charge is 2.04. The lowest BCUT2D eigenvalue weighted by Crippen LogP contribution is -2.04. The van der Waals surface area contributed by atoms with Crippen LogP contribution in [0.5, 0.6) is 5.75 Å². The molecule has 2 N–H and O–H groups in total. The van der Waals surface area contributed by atoms with E-state index in [-0.39, 0.29) is 11.3 Å². The van der Waals surface area contributed by atoms with Crippen LogP contribution in [0.15, 0.2) is 33.7 Å². The number of fused-ring (bicyclic) bond motifs is 1. The Morgan fingerprint density at radius 1 is 1.38 bits per heavy atom. The molecule has 3 nitrogen and oxygen atoms in total. The maximum absolute atomic E-state index is 11.3. The molecule has 0 saturated heterocycles. The lowest BCUT2D eigenvalue weighted by molar-refractivity contribution is 0.481. The van der Waals surface area contributed by atoms with Gasteiger partial charge in [0.25, 0.3) is 5.56 Å². The zero-order chi connectivity index (χ0) is 9.42. The van der Waals surface area contributed by atoms with Crippen molar-refractivity contribution in [1.29, 1.82) is 0 Å². The van der Waals surface area contributed by atoms with Crippen LogP contribution in [-0.4, -0.2) is 10.1 Å². The summed E-state index contributed by atoms with van der Waals surface area (Å²) in [6, 6.07) is 5.02. The molecule has 0 atom stereocenters. The van der Waals surface area contributed by atoms with Crippen molar-refractivity contribution < 1.29 is 5.11 Å². The molecule has 66 valence electrons. The van der Waals surface area contributed by atoms with E-state index in [0.29, 0.717) is 5.39 Å². The zero-order valence-electron chi connectivity index (χ0n) is 6.54. The van der Waals surface area contributed by atoms with Crippen LogP contribution in [0.3, 0.4) is 0 Å². The molecule has 0 spiro atoms. The summed E-state index contributed by atoms with van der Waals surface area (Å²) in [6.07, 6.45) is 1.55. The van der Waals surface area contributed by atoms with E-state index in [1.165, 1.54) is 6.07 Å². The van der Waals surface area contributed by atoms with Gasteiger partial charge in [-0.15, -0.1) is 0 Å². The molecule has 0 radical (unpaired) electrons. The number of H-pyrrole nitrogens is 1. The number of phenols is 1. The Hall–Kier alpha value is -1.29. The van der Waals surface area contributed by atoms with Crippen LogP contribution in [-0.2, 0) is 0 Å². The fourth-order valence-electron chi connectivity index (χ4n) is 1.27. The summed E-state index contributed by atoms with van der Waals surface area (Å²) >= 11 is 3.24. The Kier molecular flexibility index (Phi) is 1.84. The van der Waals surface area contributed by atoms with Crippen LogP contribution >= 0.6 is 15.9 Å². The summed E-state index contributed by atoms with van der Waals surface area (Å²) in [5.41, 5.74) is -0.275. The molecule has 2 aromatic rings. The normalized spacial score (nSPS) is 10.5. The molecule has 1 aromatic carbocycles. The number of aromatic nitrogens is 1. The molecule has 1 heterocycles. The summed E-state index contributed by atoms with van der Waals surface area (Å²) in [7, 11) is 0. The SMILES string of the molecule is O=c1[nH]ccc2cc(Br)cc(O)c12. The topological polar surface area (TPSA) is 53.1 Å². The second-order valence-electron chi connectivity index (χ2n) is 2.70. The number of phenolic OH excluding ortho intramolecular Hbond substituents is 1. The van der Waals surface area contributed by atoms with Gasteiger partial charge in [0, 0.05) is 10.7 Å². The van der Waals surface area contributed by atoms with Crippen LogP contribution in [0.2, 0.25) is 0 Å². The molecule has 0 unspecified atom stereocenters. The third kappa shape index (κ3) is 1.33. The van der Waals surface area contributed by atoms with E-state index in [1.807, 2.05) is 0 Å². The van der Waals surface area contributed by atoms with E-state index in [9.17, 15) is 9.90 Å². The Morgan fingerprint density at radius 2 is 2.15 bits per heavy atom. The van der Waals surface area contributed by atoms with E-state index in [0.717, 1.165) is 9.86 Å². The molecular formula is C9H6BrNO2. The van der Waals surface area contributed by atoms with Gasteiger partial charge in [-0.25, -0.2) is 0 Å². The number of halogens is 1. The van der Waals surface area contributed by atoms with Gasteiger partial charge < -0.3 is 10.1 Å². The van der Waals surface area contributed by atoms with Crippen LogP contribution < -0.4 is 5.56 Å². The first-order chi connectivity index (χ1) is 6.18. The van der Waals surface area contributed by atoms with Gasteiger partial charge in [-0.3, -0.25) is 4.79 Å². The van der Waals surface area contributed by atoms with Crippen LogP contribution in [0.4, 0.5) is 0 Å². The average molecular weight is 240 g/mol. The van der Waals surface area contributed by atoms with Gasteiger partial charge in [-0.2, -0.15) is 0 Å². The lowest BCUT2D eigenvalue weighted by atomic mass is 10.1. The van der Waals surface area contributed by atoms with Crippen LogP contribution in [0.25, 0.3) is 10.8 Å². The third-order valence-electron chi connectivity index (χ3n) is 1.82. The monoisotopic (exact) mass is 239 g/mol. The quantitative estimate of drug-likeness (QED) is 0.739. The number of nitrogens with one attached hydrogen (secondary N) is 1. The van der Waals surface area contributed by atoms with Crippen molar-refractivity contribution >= 4 is 26.7 Å². The molecule has 0 saturated carbocycles. The number of hydrogen-bond acceptors (Lipinski definition) is 2. The minimum atomic E-state index is -0.275. The third-order valence-corrected chi connectivity index (χ3v) is 2.28. The molecule has 0 aliphatic heterocycles. The molecule has 0 aliphatic carbocycles. The Morgan fingerprint density at radius 3 is 2.92 bits per heavy atom. The van der Waals surface area contributed by atoms with E-state index in [1.54, 1.807) is 18.3 Å². The molecule has 4 heteroatoms. The number of aromatic amines is 1. The summed E-state index contributed by atoms with van der Waals surface area (Å²) in [4.78, 5) is 13.8. The van der Waals surface area contributed by atoms with Crippen LogP contribution in [0.1, 0.15) is 0 Å². The maximum atomic E-state index is 11.3. The van der Waals surface area contributed by atoms with E-state index in [4.69, 9.17) is 0 Å². The lowest BCUT2D eigenvalue weighted by Gasteiger charge is -1.99. The number of hydrogen-bond donors (Lipinski definition) is 2. The smallest absolute Gasteiger partial charge is 0.259 e. The van der Waals surface area contributed by atoms with Crippen molar-refractivity contribution in [2.45, 2.75) is 0 Å². The van der Waals surface area contributed by atoms with E-state index in [2.05, 4.69) is 20.9 Å². The minimum Gasteiger partial charge on any atom is -0.507 e. The number of aromatic hydroxyl groups is 1. The van der Waals surface area contributed by atoms with Crippen molar-refractivity contribution in [3.8, 4) is 5.75 Å². The van der Waals surface area contributed by atoms with E-state index < -0.39 is 0 Å². The fraction of sp³-hybridized carbons (Fsp3) is 0. The summed E-state index contributed by atoms with van der Waals surface area (Å²) in [5.74, 6) is -0.00812. The number of pyridine rings is 1. The molecule has 0 fully saturated rings. The van der Waals surface area contributed by atoms with Crippen molar-refractivity contribution in [3.05, 3.63) is 39.2 Å². The van der Waals surface area contributed by atoms with Gasteiger partial charge >= 0.3 is 0 Å². The standard InChI is InChI=1S/C9H6BrNO2/c10-6-3-5-1-2-11-9(13)8(5)7(12)4-6/h1-4,12H,(H,11,13). The highest BCUT2D eigenvalue weighted by Crippen LogP contribution is 2.25. The van der Waals surface area contributed by atoms with Crippen molar-refractivity contribution in [3.63, 3.8) is 0 Å². The summed E-state index contributed by atoms with van der Waals surface area (Å²) in [6.45, 7) is 0. The first kappa shape index (κ1) is 8.31. The number of rotatable bonds is 0. The Balaban J connectivity index is 3.03. The number of benzene rings is 1. The predicted octanol–water partition coefficient (Wildman–Crippen LogP) is 2.00. The predicted molar refractivity (Wildman–Crippen MR) is 53.9 cm³/mol. The first-order valence-electron chi connectivity index (χ1n) is 3.68. The van der Waals surface area contributed by atoms with Gasteiger partial charge in [0.15, 0.2) is 0 Å². The second-order valence-corrected chi connectivity index (χ2v) is 3.61. The van der Waals surface area contributed by atoms with Gasteiger partial charge in [-0.05, 0) is 23.6 Å². The maximum Gasteiger partial charge on any atom is 0.259 e. The summed E-state index contributed by atoms with van der Waals surface area (Å²) in [5, 5.41) is 10.5. The minimum absolute atomic E-state index is 0.00812. The second kappa shape index (κ2) is 2.88. The van der Waals surface area contributed by atoms with Gasteiger partial charge in [-0.1, -0.05) is 15.9 Å². The van der Waals surface area contributed by atoms with Gasteiger partial charge in [0.2, 0.25) is 0 Å². The van der Waals surface area contributed by atoms with Gasteiger partial charge in [0.05, 0.1) is 5.39 Å². The molecule has 0 amide bonds. The molecule has 2 rings (SSSR count). The molecule has 0 bridgehead atoms. The average Bonchev–Trinajstić information content (AvgIpc) is 2.02. The Labute approximate surface area is 82.2 Å². The molecular weight excluding hydrogens is 234 g/mol. The highest BCUT2D eigenvalue weighted by molar-refractivity contribution is 9.10. The highest BCUT2D eigenvalue weighted by atomic mass is 79.9. The molecule has 1 aromatic heterocycles. The largest absolute Gasteiger partial charge is 0.507 e. The van der Waals surface area contributed by atoms with Crippen molar-refractivity contribution in [2.24, 2.45) is 0 Å². The zero-order valence-corrected chi connectivity index (χ0v) is 8.13. The van der Waals surface area contributed by atoms with Crippen molar-refractivity contribution in [1.82, 2.24) is 4.98 Å². The molecule has 0 aliphatic rings. The van der Waals surface area contributed by atoms with Crippen molar-refractivity contribution in [2.75, 3.05) is 0 Å². The van der Waals surface area contributed by atoms with Crippen LogP contribution in [0, 0.1) is 0 Å². The summed E-state index contributed by atoms with van der Waals surface area (Å²) < 4.78 is 0.753. The molecule has 13 heavy (non-hydrogen) atoms. The van der Waals surface area contributed by atoms with Gasteiger partial charge in [0.1, 0.15) is 5.75 Å². The first-order valence-corrected chi connectivity index (χ1v) is 4.48. The van der Waals surface area contributed by atoms with E-state index >= 15 is 0 Å². The fourth-order valence-corrected chi connectivity index (χ4v) is 1.73. The Bertz CT molecular complexity index is 518.